The number of rotatable bonds is 2. The van der Waals surface area contributed by atoms with Gasteiger partial charge in [0.15, 0.2) is 6.23 Å². The zero-order valence-electron chi connectivity index (χ0n) is 8.98. The average molecular weight is 239 g/mol. The fourth-order valence-corrected chi connectivity index (χ4v) is 1.70. The van der Waals surface area contributed by atoms with Crippen LogP contribution in [0, 0.1) is 0 Å². The second kappa shape index (κ2) is 4.28. The van der Waals surface area contributed by atoms with Crippen molar-refractivity contribution in [3.63, 3.8) is 0 Å². The predicted octanol–water partition coefficient (Wildman–Crippen LogP) is -1.37. The Morgan fingerprint density at radius 1 is 1.65 bits per heavy atom. The quantitative estimate of drug-likeness (QED) is 0.549. The lowest BCUT2D eigenvalue weighted by Crippen LogP contribution is -2.28. The van der Waals surface area contributed by atoms with Crippen molar-refractivity contribution in [2.45, 2.75) is 18.4 Å². The number of aliphatic hydroxyl groups is 2. The Morgan fingerprint density at radius 2 is 2.35 bits per heavy atom. The Balaban J connectivity index is 2.35. The van der Waals surface area contributed by atoms with E-state index < -0.39 is 24.1 Å². The third-order valence-electron chi connectivity index (χ3n) is 2.64. The molecule has 0 aromatic carbocycles. The predicted molar refractivity (Wildman–Crippen MR) is 59.1 cm³/mol. The molecular formula is C10H13N3O4. The van der Waals surface area contributed by atoms with Gasteiger partial charge in [0.25, 0.3) is 0 Å². The van der Waals surface area contributed by atoms with E-state index in [1.54, 1.807) is 0 Å². The van der Waals surface area contributed by atoms with Gasteiger partial charge in [-0.25, -0.2) is 4.79 Å². The van der Waals surface area contributed by atoms with E-state index in [4.69, 9.17) is 15.6 Å². The Bertz CT molecular complexity index is 499. The molecule has 1 fully saturated rings. The fraction of sp³-hybridized carbons (Fsp3) is 0.400. The number of hydrogen-bond donors (Lipinski definition) is 3. The molecule has 1 saturated heterocycles. The Morgan fingerprint density at radius 3 is 2.88 bits per heavy atom. The largest absolute Gasteiger partial charge is 0.394 e. The third-order valence-corrected chi connectivity index (χ3v) is 2.64. The van der Waals surface area contributed by atoms with Crippen molar-refractivity contribution >= 4 is 5.82 Å². The van der Waals surface area contributed by atoms with Crippen molar-refractivity contribution in [1.29, 1.82) is 0 Å². The summed E-state index contributed by atoms with van der Waals surface area (Å²) >= 11 is 0. The monoisotopic (exact) mass is 239 g/mol. The van der Waals surface area contributed by atoms with Crippen LogP contribution in [-0.2, 0) is 4.74 Å². The van der Waals surface area contributed by atoms with Gasteiger partial charge < -0.3 is 20.7 Å². The maximum atomic E-state index is 11.6. The summed E-state index contributed by atoms with van der Waals surface area (Å²) in [6.45, 7) is 3.30. The summed E-state index contributed by atoms with van der Waals surface area (Å²) in [5.41, 5.74) is 5.07. The van der Waals surface area contributed by atoms with Crippen LogP contribution in [0.15, 0.2) is 29.2 Å². The molecule has 2 rings (SSSR count). The van der Waals surface area contributed by atoms with Crippen LogP contribution in [-0.4, -0.2) is 38.6 Å². The van der Waals surface area contributed by atoms with Crippen molar-refractivity contribution in [3.05, 3.63) is 34.9 Å². The summed E-state index contributed by atoms with van der Waals surface area (Å²) in [5.74, 6) is 0.106. The molecule has 0 radical (unpaired) electrons. The molecule has 0 spiro atoms. The van der Waals surface area contributed by atoms with Crippen molar-refractivity contribution in [3.8, 4) is 0 Å². The molecule has 2 heterocycles. The number of aromatic nitrogens is 2. The Hall–Kier alpha value is -1.70. The number of nitrogens with two attached hydrogens (primary N) is 1. The van der Waals surface area contributed by atoms with Crippen LogP contribution in [0.4, 0.5) is 5.82 Å². The third kappa shape index (κ3) is 1.95. The normalized spacial score (nSPS) is 28.6. The summed E-state index contributed by atoms with van der Waals surface area (Å²) < 4.78 is 6.49. The molecule has 1 aliphatic rings. The number of anilines is 1. The molecule has 0 aliphatic carbocycles. The van der Waals surface area contributed by atoms with Crippen LogP contribution in [0.25, 0.3) is 0 Å². The molecule has 7 heteroatoms. The standard InChI is InChI=1S/C10H13N3O4/c1-5-8(15)6(4-14)17-9(5)13-3-2-7(11)12-10(13)16/h2-3,6,8-9,14-15H,1,4H2,(H2,11,12,16)/t6-,8+,9-/m0/s1. The van der Waals surface area contributed by atoms with Crippen molar-refractivity contribution < 1.29 is 14.9 Å². The highest BCUT2D eigenvalue weighted by atomic mass is 16.5. The molecule has 92 valence electrons. The van der Waals surface area contributed by atoms with Crippen LogP contribution >= 0.6 is 0 Å². The van der Waals surface area contributed by atoms with Gasteiger partial charge in [-0.15, -0.1) is 0 Å². The van der Waals surface area contributed by atoms with E-state index in [0.29, 0.717) is 5.57 Å². The van der Waals surface area contributed by atoms with Crippen LogP contribution in [0.3, 0.4) is 0 Å². The summed E-state index contributed by atoms with van der Waals surface area (Å²) in [5, 5.41) is 18.7. The first-order valence-electron chi connectivity index (χ1n) is 5.02. The molecule has 3 atom stereocenters. The van der Waals surface area contributed by atoms with Gasteiger partial charge in [-0.1, -0.05) is 6.58 Å². The summed E-state index contributed by atoms with van der Waals surface area (Å²) in [6.07, 6.45) is -1.21. The molecule has 1 aromatic rings. The van der Waals surface area contributed by atoms with E-state index in [1.807, 2.05) is 0 Å². The maximum absolute atomic E-state index is 11.6. The van der Waals surface area contributed by atoms with E-state index in [2.05, 4.69) is 11.6 Å². The number of hydrogen-bond acceptors (Lipinski definition) is 6. The second-order valence-electron chi connectivity index (χ2n) is 3.77. The van der Waals surface area contributed by atoms with Crippen molar-refractivity contribution in [1.82, 2.24) is 9.55 Å². The molecule has 7 nitrogen and oxygen atoms in total. The van der Waals surface area contributed by atoms with Gasteiger partial charge in [0.05, 0.1) is 6.61 Å². The van der Waals surface area contributed by atoms with Crippen molar-refractivity contribution in [2.24, 2.45) is 0 Å². The lowest BCUT2D eigenvalue weighted by molar-refractivity contribution is -0.0447. The van der Waals surface area contributed by atoms with E-state index >= 15 is 0 Å². The van der Waals surface area contributed by atoms with E-state index in [-0.39, 0.29) is 12.4 Å². The van der Waals surface area contributed by atoms with Crippen LogP contribution < -0.4 is 11.4 Å². The number of aliphatic hydroxyl groups excluding tert-OH is 2. The zero-order valence-corrected chi connectivity index (χ0v) is 8.98. The highest BCUT2D eigenvalue weighted by Crippen LogP contribution is 2.31. The highest BCUT2D eigenvalue weighted by molar-refractivity contribution is 5.24. The molecule has 0 amide bonds. The lowest BCUT2D eigenvalue weighted by atomic mass is 10.1. The van der Waals surface area contributed by atoms with Crippen LogP contribution in [0.2, 0.25) is 0 Å². The van der Waals surface area contributed by atoms with Gasteiger partial charge in [0, 0.05) is 11.8 Å². The zero-order chi connectivity index (χ0) is 12.6. The summed E-state index contributed by atoms with van der Waals surface area (Å²) in [4.78, 5) is 15.1. The van der Waals surface area contributed by atoms with Gasteiger partial charge in [-0.3, -0.25) is 4.57 Å². The highest BCUT2D eigenvalue weighted by Gasteiger charge is 2.38. The smallest absolute Gasteiger partial charge is 0.351 e. The second-order valence-corrected chi connectivity index (χ2v) is 3.77. The maximum Gasteiger partial charge on any atom is 0.351 e. The van der Waals surface area contributed by atoms with Crippen LogP contribution in [0.1, 0.15) is 6.23 Å². The van der Waals surface area contributed by atoms with E-state index in [1.165, 1.54) is 12.3 Å². The minimum atomic E-state index is -1.01. The Kier molecular flexibility index (Phi) is 2.97. The minimum absolute atomic E-state index is 0.106. The molecule has 0 bridgehead atoms. The van der Waals surface area contributed by atoms with E-state index in [0.717, 1.165) is 4.57 Å². The minimum Gasteiger partial charge on any atom is -0.394 e. The molecule has 0 saturated carbocycles. The van der Waals surface area contributed by atoms with Gasteiger partial charge in [-0.05, 0) is 6.07 Å². The lowest BCUT2D eigenvalue weighted by Gasteiger charge is -2.14. The fourth-order valence-electron chi connectivity index (χ4n) is 1.70. The molecular weight excluding hydrogens is 226 g/mol. The van der Waals surface area contributed by atoms with Gasteiger partial charge in [0.2, 0.25) is 0 Å². The molecule has 1 aliphatic heterocycles. The molecule has 17 heavy (non-hydrogen) atoms. The number of ether oxygens (including phenoxy) is 1. The summed E-state index contributed by atoms with van der Waals surface area (Å²) in [6, 6.07) is 1.44. The van der Waals surface area contributed by atoms with Crippen LogP contribution in [0.5, 0.6) is 0 Å². The summed E-state index contributed by atoms with van der Waals surface area (Å²) in [7, 11) is 0. The van der Waals surface area contributed by atoms with Gasteiger partial charge in [-0.2, -0.15) is 4.98 Å². The molecule has 1 aromatic heterocycles. The molecule has 0 unspecified atom stereocenters. The van der Waals surface area contributed by atoms with E-state index in [9.17, 15) is 9.90 Å². The first kappa shape index (κ1) is 11.8. The number of nitrogens with zero attached hydrogens (tertiary/aromatic N) is 2. The SMILES string of the molecule is C=C1[C@@H](O)[C@H](CO)O[C@@H]1n1ccc(N)nc1=O. The first-order chi connectivity index (χ1) is 8.04. The first-order valence-corrected chi connectivity index (χ1v) is 5.02. The average Bonchev–Trinajstić information content (AvgIpc) is 2.57. The van der Waals surface area contributed by atoms with Crippen molar-refractivity contribution in [2.75, 3.05) is 12.3 Å². The topological polar surface area (TPSA) is 111 Å². The molecule has 4 N–H and O–H groups in total. The Labute approximate surface area is 96.8 Å². The number of nitrogen functional groups attached to an aromatic ring is 1. The van der Waals surface area contributed by atoms with Gasteiger partial charge >= 0.3 is 5.69 Å². The van der Waals surface area contributed by atoms with Gasteiger partial charge in [0.1, 0.15) is 18.0 Å².